The topological polar surface area (TPSA) is 58.2 Å². The van der Waals surface area contributed by atoms with Crippen molar-refractivity contribution in [2.45, 2.75) is 39.8 Å². The highest BCUT2D eigenvalue weighted by atomic mass is 35.5. The lowest BCUT2D eigenvalue weighted by Crippen LogP contribution is -2.54. The van der Waals surface area contributed by atoms with Crippen molar-refractivity contribution in [1.82, 2.24) is 23.7 Å². The van der Waals surface area contributed by atoms with Crippen LogP contribution < -0.4 is 10.5 Å². The van der Waals surface area contributed by atoms with Gasteiger partial charge in [-0.15, -0.1) is 0 Å². The average Bonchev–Trinajstić information content (AvgIpc) is 3.14. The molecule has 32 heavy (non-hydrogen) atoms. The van der Waals surface area contributed by atoms with Crippen molar-refractivity contribution in [2.24, 2.45) is 0 Å². The molecule has 8 heteroatoms. The van der Waals surface area contributed by atoms with Gasteiger partial charge in [0.25, 0.3) is 5.56 Å². The van der Waals surface area contributed by atoms with Gasteiger partial charge in [0.1, 0.15) is 5.65 Å². The molecule has 4 aromatic rings. The molecule has 0 unspecified atom stereocenters. The van der Waals surface area contributed by atoms with Crippen molar-refractivity contribution < 1.29 is 0 Å². The summed E-state index contributed by atoms with van der Waals surface area (Å²) in [5.41, 5.74) is 4.50. The molecule has 4 aromatic heterocycles. The predicted octanol–water partition coefficient (Wildman–Crippen LogP) is 3.89. The van der Waals surface area contributed by atoms with E-state index in [0.717, 1.165) is 36.6 Å². The minimum absolute atomic E-state index is 0.112. The van der Waals surface area contributed by atoms with Crippen molar-refractivity contribution in [3.05, 3.63) is 63.9 Å². The molecule has 0 radical (unpaired) electrons. The van der Waals surface area contributed by atoms with Gasteiger partial charge in [-0.05, 0) is 45.9 Å². The van der Waals surface area contributed by atoms with Gasteiger partial charge in [-0.2, -0.15) is 0 Å². The van der Waals surface area contributed by atoms with Crippen LogP contribution in [-0.2, 0) is 0 Å². The molecule has 166 valence electrons. The first-order valence-electron chi connectivity index (χ1n) is 11.0. The molecule has 0 N–H and O–H groups in total. The maximum absolute atomic E-state index is 13.0. The number of anilines is 1. The fraction of sp³-hybridized carbons (Fsp3) is 0.375. The Kier molecular flexibility index (Phi) is 5.18. The minimum Gasteiger partial charge on any atom is -0.367 e. The number of hydrogen-bond donors (Lipinski definition) is 0. The highest BCUT2D eigenvalue weighted by Gasteiger charge is 2.25. The molecule has 1 fully saturated rings. The third-order valence-electron chi connectivity index (χ3n) is 6.27. The molecule has 0 amide bonds. The average molecular weight is 451 g/mol. The Morgan fingerprint density at radius 2 is 1.91 bits per heavy atom. The van der Waals surface area contributed by atoms with E-state index >= 15 is 0 Å². The summed E-state index contributed by atoms with van der Waals surface area (Å²) in [6.45, 7) is 11.6. The fourth-order valence-electron chi connectivity index (χ4n) is 4.72. The van der Waals surface area contributed by atoms with E-state index in [0.29, 0.717) is 34.1 Å². The smallest absolute Gasteiger partial charge is 0.258 e. The fourth-order valence-corrected chi connectivity index (χ4v) is 4.98. The molecule has 1 saturated heterocycles. The van der Waals surface area contributed by atoms with Crippen molar-refractivity contribution in [3.63, 3.8) is 0 Å². The van der Waals surface area contributed by atoms with Gasteiger partial charge >= 0.3 is 0 Å². The molecular formula is C24H27ClN6O. The molecule has 0 aliphatic carbocycles. The van der Waals surface area contributed by atoms with E-state index in [1.807, 2.05) is 42.0 Å². The van der Waals surface area contributed by atoms with Gasteiger partial charge in [0.15, 0.2) is 5.65 Å². The van der Waals surface area contributed by atoms with E-state index in [-0.39, 0.29) is 5.56 Å². The van der Waals surface area contributed by atoms with Crippen molar-refractivity contribution in [2.75, 3.05) is 24.5 Å². The lowest BCUT2D eigenvalue weighted by Gasteiger charge is -2.43. The lowest BCUT2D eigenvalue weighted by molar-refractivity contribution is 0.148. The zero-order chi connectivity index (χ0) is 22.6. The van der Waals surface area contributed by atoms with E-state index < -0.39 is 0 Å². The van der Waals surface area contributed by atoms with Gasteiger partial charge in [-0.1, -0.05) is 11.6 Å². The number of pyridine rings is 2. The highest BCUT2D eigenvalue weighted by Crippen LogP contribution is 2.26. The molecule has 5 heterocycles. The SMILES string of the molecule is Cc1cn2cc(-c3cc(=O)n4cc(N5CCN(C(C)C)[C@H](C)C5)ccc4n3)cc(Cl)c2n1. The summed E-state index contributed by atoms with van der Waals surface area (Å²) in [6.07, 6.45) is 5.72. The van der Waals surface area contributed by atoms with Crippen LogP contribution in [0.25, 0.3) is 22.6 Å². The van der Waals surface area contributed by atoms with Crippen LogP contribution in [0.5, 0.6) is 0 Å². The maximum atomic E-state index is 13.0. The quantitative estimate of drug-likeness (QED) is 0.474. The summed E-state index contributed by atoms with van der Waals surface area (Å²) >= 11 is 6.43. The third kappa shape index (κ3) is 3.65. The van der Waals surface area contributed by atoms with Gasteiger partial charge in [0.05, 0.1) is 22.1 Å². The van der Waals surface area contributed by atoms with E-state index in [4.69, 9.17) is 16.6 Å². The Morgan fingerprint density at radius 3 is 2.66 bits per heavy atom. The molecule has 0 spiro atoms. The molecule has 1 aliphatic rings. The lowest BCUT2D eigenvalue weighted by atomic mass is 10.1. The van der Waals surface area contributed by atoms with Gasteiger partial charge in [0, 0.05) is 61.9 Å². The molecule has 5 rings (SSSR count). The van der Waals surface area contributed by atoms with Gasteiger partial charge < -0.3 is 9.30 Å². The van der Waals surface area contributed by atoms with Crippen LogP contribution >= 0.6 is 11.6 Å². The highest BCUT2D eigenvalue weighted by molar-refractivity contribution is 6.33. The number of aryl methyl sites for hydroxylation is 1. The zero-order valence-electron chi connectivity index (χ0n) is 18.8. The number of nitrogens with zero attached hydrogens (tertiary/aromatic N) is 6. The summed E-state index contributed by atoms with van der Waals surface area (Å²) in [5, 5.41) is 0.530. The van der Waals surface area contributed by atoms with Crippen LogP contribution in [0, 0.1) is 6.92 Å². The van der Waals surface area contributed by atoms with E-state index in [1.54, 1.807) is 10.5 Å². The molecule has 1 atom stereocenters. The van der Waals surface area contributed by atoms with E-state index in [1.165, 1.54) is 0 Å². The first-order valence-corrected chi connectivity index (χ1v) is 11.4. The Bertz CT molecular complexity index is 1370. The van der Waals surface area contributed by atoms with Crippen molar-refractivity contribution >= 4 is 28.6 Å². The van der Waals surface area contributed by atoms with Crippen LogP contribution in [0.4, 0.5) is 5.69 Å². The summed E-state index contributed by atoms with van der Waals surface area (Å²) in [5.74, 6) is 0. The standard InChI is InChI=1S/C24H27ClN6O/c1-15(2)30-8-7-28(12-17(30)4)19-5-6-22-27-21(10-23(32)31(22)14-19)18-9-20(25)24-26-16(3)11-29(24)13-18/h5-6,9-11,13-15,17H,7-8,12H2,1-4H3/t17-/m1/s1. The zero-order valence-corrected chi connectivity index (χ0v) is 19.5. The molecule has 0 aromatic carbocycles. The largest absolute Gasteiger partial charge is 0.367 e. The third-order valence-corrected chi connectivity index (χ3v) is 6.55. The molecule has 1 aliphatic heterocycles. The molecular weight excluding hydrogens is 424 g/mol. The second-order valence-corrected chi connectivity index (χ2v) is 9.32. The molecule has 0 saturated carbocycles. The van der Waals surface area contributed by atoms with Crippen LogP contribution in [0.3, 0.4) is 0 Å². The Morgan fingerprint density at radius 1 is 1.09 bits per heavy atom. The van der Waals surface area contributed by atoms with Crippen molar-refractivity contribution in [1.29, 1.82) is 0 Å². The predicted molar refractivity (Wildman–Crippen MR) is 129 cm³/mol. The van der Waals surface area contributed by atoms with Crippen LogP contribution in [0.1, 0.15) is 26.5 Å². The second-order valence-electron chi connectivity index (χ2n) is 8.91. The maximum Gasteiger partial charge on any atom is 0.258 e. The number of aromatic nitrogens is 4. The molecule has 0 bridgehead atoms. The first-order chi connectivity index (χ1) is 15.3. The van der Waals surface area contributed by atoms with E-state index in [2.05, 4.69) is 41.6 Å². The number of piperazine rings is 1. The van der Waals surface area contributed by atoms with Crippen LogP contribution in [-0.4, -0.2) is 55.4 Å². The Balaban J connectivity index is 1.50. The summed E-state index contributed by atoms with van der Waals surface area (Å²) < 4.78 is 3.50. The number of imidazole rings is 1. The molecule has 7 nitrogen and oxygen atoms in total. The number of hydrogen-bond acceptors (Lipinski definition) is 5. The summed E-state index contributed by atoms with van der Waals surface area (Å²) in [6, 6.07) is 8.35. The first kappa shape index (κ1) is 21.0. The second kappa shape index (κ2) is 7.90. The van der Waals surface area contributed by atoms with Gasteiger partial charge in [0.2, 0.25) is 0 Å². The van der Waals surface area contributed by atoms with E-state index in [9.17, 15) is 4.79 Å². The summed E-state index contributed by atoms with van der Waals surface area (Å²) in [4.78, 5) is 27.0. The minimum atomic E-state index is -0.112. The Hall–Kier alpha value is -2.90. The number of fused-ring (bicyclic) bond motifs is 2. The monoisotopic (exact) mass is 450 g/mol. The summed E-state index contributed by atoms with van der Waals surface area (Å²) in [7, 11) is 0. The van der Waals surface area contributed by atoms with Gasteiger partial charge in [-0.3, -0.25) is 14.1 Å². The van der Waals surface area contributed by atoms with Crippen molar-refractivity contribution in [3.8, 4) is 11.3 Å². The van der Waals surface area contributed by atoms with Crippen LogP contribution in [0.15, 0.2) is 47.7 Å². The van der Waals surface area contributed by atoms with Gasteiger partial charge in [-0.25, -0.2) is 9.97 Å². The normalized spacial score (nSPS) is 17.7. The Labute approximate surface area is 191 Å². The number of halogens is 1. The van der Waals surface area contributed by atoms with Crippen LogP contribution in [0.2, 0.25) is 5.02 Å². The number of rotatable bonds is 3.